The Labute approximate surface area is 166 Å². The average Bonchev–Trinajstić information content (AvgIpc) is 2.95. The number of unbranched alkanes of at least 4 members (excludes halogenated alkanes) is 1. The molecule has 1 aromatic rings. The molecule has 0 bridgehead atoms. The molecule has 0 aliphatic carbocycles. The molecule has 0 radical (unpaired) electrons. The molecule has 0 saturated carbocycles. The molecule has 5 nitrogen and oxygen atoms in total. The lowest BCUT2D eigenvalue weighted by molar-refractivity contribution is -0.128. The van der Waals surface area contributed by atoms with Crippen LogP contribution in [0.2, 0.25) is 0 Å². The van der Waals surface area contributed by atoms with E-state index in [2.05, 4.69) is 29.3 Å². The molecule has 27 heavy (non-hydrogen) atoms. The molecule has 1 aromatic carbocycles. The number of carbonyl (C=O) groups excluding carboxylic acids is 2. The summed E-state index contributed by atoms with van der Waals surface area (Å²) in [6.45, 7) is 4.76. The second-order valence-electron chi connectivity index (χ2n) is 7.12. The second kappa shape index (κ2) is 9.13. The van der Waals surface area contributed by atoms with Crippen LogP contribution in [-0.4, -0.2) is 41.5 Å². The lowest BCUT2D eigenvalue weighted by Crippen LogP contribution is -2.54. The number of amides is 2. The normalized spacial score (nSPS) is 20.0. The monoisotopic (exact) mass is 385 g/mol. The third-order valence-electron chi connectivity index (χ3n) is 5.10. The van der Waals surface area contributed by atoms with Crippen molar-refractivity contribution < 1.29 is 9.59 Å². The van der Waals surface area contributed by atoms with Crippen molar-refractivity contribution in [3.63, 3.8) is 0 Å². The molecule has 3 rings (SSSR count). The van der Waals surface area contributed by atoms with E-state index in [1.54, 1.807) is 6.08 Å². The summed E-state index contributed by atoms with van der Waals surface area (Å²) < 4.78 is 0. The van der Waals surface area contributed by atoms with E-state index < -0.39 is 5.91 Å². The van der Waals surface area contributed by atoms with Gasteiger partial charge in [-0.3, -0.25) is 19.8 Å². The van der Waals surface area contributed by atoms with Crippen LogP contribution in [0.15, 0.2) is 29.8 Å². The van der Waals surface area contributed by atoms with Crippen molar-refractivity contribution in [3.05, 3.63) is 35.4 Å². The van der Waals surface area contributed by atoms with Crippen molar-refractivity contribution in [1.82, 2.24) is 10.2 Å². The molecule has 0 spiro atoms. The van der Waals surface area contributed by atoms with Crippen LogP contribution in [0.1, 0.15) is 51.0 Å². The first-order valence-corrected chi connectivity index (χ1v) is 10.2. The first-order valence-electron chi connectivity index (χ1n) is 9.84. The highest BCUT2D eigenvalue weighted by Gasteiger charge is 2.32. The standard InChI is InChI=1S/C21H27N3O2S/c1-2-3-14-24-20(26)18(19(25)22-21(24)27)15-16-8-10-17(11-9-16)23-12-6-4-5-7-13-23/h8-11,15H,2-7,12-14H2,1H3,(H,22,25,27)/b18-15+. The van der Waals surface area contributed by atoms with Gasteiger partial charge in [-0.05, 0) is 55.3 Å². The molecule has 2 fully saturated rings. The number of nitrogens with one attached hydrogen (secondary N) is 1. The van der Waals surface area contributed by atoms with Crippen LogP contribution in [0.3, 0.4) is 0 Å². The molecule has 2 heterocycles. The zero-order valence-corrected chi connectivity index (χ0v) is 16.7. The summed E-state index contributed by atoms with van der Waals surface area (Å²) in [5.41, 5.74) is 2.18. The summed E-state index contributed by atoms with van der Waals surface area (Å²) in [7, 11) is 0. The van der Waals surface area contributed by atoms with Gasteiger partial charge >= 0.3 is 0 Å². The summed E-state index contributed by atoms with van der Waals surface area (Å²) in [4.78, 5) is 28.9. The summed E-state index contributed by atoms with van der Waals surface area (Å²) >= 11 is 5.15. The fraction of sp³-hybridized carbons (Fsp3) is 0.476. The quantitative estimate of drug-likeness (QED) is 0.479. The Kier molecular flexibility index (Phi) is 6.61. The van der Waals surface area contributed by atoms with Crippen LogP contribution in [0.5, 0.6) is 0 Å². The van der Waals surface area contributed by atoms with Gasteiger partial charge in [0.2, 0.25) is 0 Å². The number of thiocarbonyl (C=S) groups is 1. The van der Waals surface area contributed by atoms with Crippen molar-refractivity contribution in [2.45, 2.75) is 45.4 Å². The first kappa shape index (κ1) is 19.5. The van der Waals surface area contributed by atoms with Crippen molar-refractivity contribution >= 4 is 40.9 Å². The molecule has 2 saturated heterocycles. The number of rotatable bonds is 5. The third-order valence-corrected chi connectivity index (χ3v) is 5.42. The van der Waals surface area contributed by atoms with Crippen molar-refractivity contribution in [3.8, 4) is 0 Å². The number of anilines is 1. The zero-order chi connectivity index (χ0) is 19.2. The Balaban J connectivity index is 1.76. The molecular weight excluding hydrogens is 358 g/mol. The van der Waals surface area contributed by atoms with Crippen molar-refractivity contribution in [1.29, 1.82) is 0 Å². The minimum atomic E-state index is -0.422. The predicted octanol–water partition coefficient (Wildman–Crippen LogP) is 3.49. The topological polar surface area (TPSA) is 52.7 Å². The Hall–Kier alpha value is -2.21. The van der Waals surface area contributed by atoms with E-state index >= 15 is 0 Å². The van der Waals surface area contributed by atoms with Crippen LogP contribution in [0.4, 0.5) is 5.69 Å². The fourth-order valence-electron chi connectivity index (χ4n) is 3.49. The van der Waals surface area contributed by atoms with Crippen LogP contribution in [-0.2, 0) is 9.59 Å². The maximum Gasteiger partial charge on any atom is 0.265 e. The Morgan fingerprint density at radius 2 is 1.74 bits per heavy atom. The van der Waals surface area contributed by atoms with Gasteiger partial charge in [-0.2, -0.15) is 0 Å². The number of hydrogen-bond donors (Lipinski definition) is 1. The van der Waals surface area contributed by atoms with E-state index in [0.29, 0.717) is 6.54 Å². The maximum absolute atomic E-state index is 12.7. The van der Waals surface area contributed by atoms with E-state index in [1.807, 2.05) is 12.1 Å². The van der Waals surface area contributed by atoms with Gasteiger partial charge in [0, 0.05) is 25.3 Å². The van der Waals surface area contributed by atoms with Crippen LogP contribution in [0.25, 0.3) is 6.08 Å². The lowest BCUT2D eigenvalue weighted by Gasteiger charge is -2.28. The number of carbonyl (C=O) groups is 2. The maximum atomic E-state index is 12.7. The largest absolute Gasteiger partial charge is 0.372 e. The smallest absolute Gasteiger partial charge is 0.265 e. The van der Waals surface area contributed by atoms with E-state index in [0.717, 1.165) is 31.5 Å². The third kappa shape index (κ3) is 4.75. The lowest BCUT2D eigenvalue weighted by atomic mass is 10.1. The van der Waals surface area contributed by atoms with Gasteiger partial charge in [-0.1, -0.05) is 38.3 Å². The molecule has 2 aliphatic heterocycles. The summed E-state index contributed by atoms with van der Waals surface area (Å²) in [6.07, 6.45) is 8.52. The van der Waals surface area contributed by atoms with Gasteiger partial charge in [-0.25, -0.2) is 0 Å². The predicted molar refractivity (Wildman–Crippen MR) is 112 cm³/mol. The summed E-state index contributed by atoms with van der Waals surface area (Å²) in [5.74, 6) is -0.733. The van der Waals surface area contributed by atoms with Crippen molar-refractivity contribution in [2.75, 3.05) is 24.5 Å². The minimum Gasteiger partial charge on any atom is -0.372 e. The van der Waals surface area contributed by atoms with Gasteiger partial charge in [0.1, 0.15) is 5.57 Å². The Bertz CT molecular complexity index is 734. The minimum absolute atomic E-state index is 0.141. The zero-order valence-electron chi connectivity index (χ0n) is 15.9. The van der Waals surface area contributed by atoms with Gasteiger partial charge in [0.25, 0.3) is 11.8 Å². The van der Waals surface area contributed by atoms with Crippen LogP contribution < -0.4 is 10.2 Å². The van der Waals surface area contributed by atoms with Gasteiger partial charge < -0.3 is 4.90 Å². The molecule has 6 heteroatoms. The molecule has 0 atom stereocenters. The average molecular weight is 386 g/mol. The molecule has 2 aliphatic rings. The molecular formula is C21H27N3O2S. The van der Waals surface area contributed by atoms with Crippen LogP contribution in [0, 0.1) is 0 Å². The molecule has 1 N–H and O–H groups in total. The highest BCUT2D eigenvalue weighted by Crippen LogP contribution is 2.22. The summed E-state index contributed by atoms with van der Waals surface area (Å²) in [5, 5.41) is 2.83. The van der Waals surface area contributed by atoms with Gasteiger partial charge in [-0.15, -0.1) is 0 Å². The van der Waals surface area contributed by atoms with E-state index in [4.69, 9.17) is 12.2 Å². The molecule has 0 aromatic heterocycles. The first-order chi connectivity index (χ1) is 13.1. The van der Waals surface area contributed by atoms with Crippen molar-refractivity contribution in [2.24, 2.45) is 0 Å². The van der Waals surface area contributed by atoms with Gasteiger partial charge in [0.15, 0.2) is 5.11 Å². The molecule has 0 unspecified atom stereocenters. The van der Waals surface area contributed by atoms with E-state index in [1.165, 1.54) is 36.3 Å². The molecule has 144 valence electrons. The Morgan fingerprint density at radius 3 is 2.37 bits per heavy atom. The number of benzene rings is 1. The fourth-order valence-corrected chi connectivity index (χ4v) is 3.76. The second-order valence-corrected chi connectivity index (χ2v) is 7.51. The van der Waals surface area contributed by atoms with E-state index in [-0.39, 0.29) is 16.6 Å². The highest BCUT2D eigenvalue weighted by atomic mass is 32.1. The van der Waals surface area contributed by atoms with E-state index in [9.17, 15) is 9.59 Å². The van der Waals surface area contributed by atoms with Gasteiger partial charge in [0.05, 0.1) is 0 Å². The van der Waals surface area contributed by atoms with Crippen LogP contribution >= 0.6 is 12.2 Å². The SMILES string of the molecule is CCCCN1C(=O)/C(=C/c2ccc(N3CCCCCC3)cc2)C(=O)NC1=S. The molecule has 2 amide bonds. The number of nitrogens with zero attached hydrogens (tertiary/aromatic N) is 2. The summed E-state index contributed by atoms with van der Waals surface area (Å²) in [6, 6.07) is 8.08. The highest BCUT2D eigenvalue weighted by molar-refractivity contribution is 7.80. The number of hydrogen-bond acceptors (Lipinski definition) is 4. The Morgan fingerprint density at radius 1 is 1.07 bits per heavy atom.